The number of carboxylic acids is 3. The lowest BCUT2D eigenvalue weighted by Crippen LogP contribution is -2.42. The number of hydrogen-bond donors (Lipinski definition) is 4. The van der Waals surface area contributed by atoms with E-state index in [9.17, 15) is 14.4 Å². The summed E-state index contributed by atoms with van der Waals surface area (Å²) in [5.41, 5.74) is 0.0116. The van der Waals surface area contributed by atoms with E-state index in [2.05, 4.69) is 5.48 Å². The summed E-state index contributed by atoms with van der Waals surface area (Å²) in [5, 5.41) is 33.8. The highest BCUT2D eigenvalue weighted by molar-refractivity contribution is 5.88. The van der Waals surface area contributed by atoms with Gasteiger partial charge >= 0.3 is 17.9 Å². The Morgan fingerprint density at radius 2 is 1.43 bits per heavy atom. The van der Waals surface area contributed by atoms with Crippen molar-refractivity contribution >= 4 is 17.9 Å². The second kappa shape index (κ2) is 5.14. The van der Waals surface area contributed by atoms with Crippen molar-refractivity contribution in [3.63, 3.8) is 0 Å². The number of rotatable bonds is 5. The van der Waals surface area contributed by atoms with Crippen LogP contribution >= 0.6 is 0 Å². The zero-order valence-corrected chi connectivity index (χ0v) is 6.84. The van der Waals surface area contributed by atoms with Gasteiger partial charge in [-0.1, -0.05) is 0 Å². The third-order valence-corrected chi connectivity index (χ3v) is 1.29. The molecule has 14 heavy (non-hydrogen) atoms. The zero-order chi connectivity index (χ0) is 13.4. The third-order valence-electron chi connectivity index (χ3n) is 1.29. The number of aliphatic hydroxyl groups is 1. The van der Waals surface area contributed by atoms with Gasteiger partial charge in [-0.25, -0.2) is 4.79 Å². The van der Waals surface area contributed by atoms with Crippen molar-refractivity contribution in [3.8, 4) is 0 Å². The molecular formula is C6H10O8. The molecular weight excluding hydrogens is 200 g/mol. The van der Waals surface area contributed by atoms with Crippen LogP contribution in [0.2, 0.25) is 0 Å². The predicted molar refractivity (Wildman–Crippen MR) is 40.7 cm³/mol. The summed E-state index contributed by atoms with van der Waals surface area (Å²) in [6.07, 6.45) is -2.29. The molecule has 0 aromatic carbocycles. The molecule has 0 rings (SSSR count). The SMILES string of the molecule is O=C(O)CC(O)(CC(=O)O)C(=O)O.[2H]O[2H]. The highest BCUT2D eigenvalue weighted by Gasteiger charge is 2.40. The van der Waals surface area contributed by atoms with Crippen molar-refractivity contribution in [2.45, 2.75) is 18.4 Å². The van der Waals surface area contributed by atoms with Crippen LogP contribution in [0.1, 0.15) is 12.8 Å². The van der Waals surface area contributed by atoms with Gasteiger partial charge in [0.1, 0.15) is 0 Å². The quantitative estimate of drug-likeness (QED) is 0.406. The van der Waals surface area contributed by atoms with E-state index in [1.807, 2.05) is 0 Å². The molecule has 0 aliphatic heterocycles. The number of aliphatic carboxylic acids is 3. The Morgan fingerprint density at radius 1 is 1.14 bits per heavy atom. The van der Waals surface area contributed by atoms with Gasteiger partial charge in [0.25, 0.3) is 0 Å². The topological polar surface area (TPSA) is 164 Å². The van der Waals surface area contributed by atoms with Crippen LogP contribution in [0.5, 0.6) is 0 Å². The minimum atomic E-state index is -2.74. The van der Waals surface area contributed by atoms with Crippen LogP contribution in [0, 0.1) is 0 Å². The van der Waals surface area contributed by atoms with E-state index >= 15 is 0 Å². The van der Waals surface area contributed by atoms with Gasteiger partial charge in [-0.05, 0) is 0 Å². The molecule has 0 aliphatic carbocycles. The molecule has 0 aromatic heterocycles. The summed E-state index contributed by atoms with van der Waals surface area (Å²) >= 11 is 0. The Hall–Kier alpha value is -1.67. The van der Waals surface area contributed by atoms with Crippen LogP contribution < -0.4 is 0 Å². The maximum Gasteiger partial charge on any atom is 0.336 e. The number of hydrogen-bond acceptors (Lipinski definition) is 4. The molecule has 0 amide bonds. The van der Waals surface area contributed by atoms with E-state index in [4.69, 9.17) is 23.3 Å². The largest absolute Gasteiger partial charge is 0.481 e. The minimum Gasteiger partial charge on any atom is -0.481 e. The molecule has 0 atom stereocenters. The first kappa shape index (κ1) is 10.4. The number of carboxylic acid groups (broad SMARTS) is 3. The van der Waals surface area contributed by atoms with Gasteiger partial charge in [0.2, 0.25) is 2.86 Å². The Kier molecular flexibility index (Phi) is 3.83. The Balaban J connectivity index is 0. The molecule has 0 bridgehead atoms. The highest BCUT2D eigenvalue weighted by atomic mass is 16.4. The summed E-state index contributed by atoms with van der Waals surface area (Å²) in [7, 11) is 0. The molecule has 0 spiro atoms. The molecule has 0 aromatic rings. The van der Waals surface area contributed by atoms with Crippen LogP contribution in [-0.2, 0) is 14.4 Å². The summed E-state index contributed by atoms with van der Waals surface area (Å²) in [4.78, 5) is 30.5. The molecule has 8 heteroatoms. The second-order valence-corrected chi connectivity index (χ2v) is 2.48. The molecule has 0 radical (unpaired) electrons. The summed E-state index contributed by atoms with van der Waals surface area (Å²) in [6, 6.07) is 0. The van der Waals surface area contributed by atoms with E-state index in [-0.39, 0.29) is 0 Å². The van der Waals surface area contributed by atoms with Gasteiger partial charge < -0.3 is 25.9 Å². The molecule has 0 saturated carbocycles. The molecule has 0 saturated heterocycles. The third kappa shape index (κ3) is 4.38. The molecule has 0 fully saturated rings. The lowest BCUT2D eigenvalue weighted by atomic mass is 9.96. The van der Waals surface area contributed by atoms with Crippen molar-refractivity contribution in [2.24, 2.45) is 0 Å². The Labute approximate surface area is 80.7 Å². The zero-order valence-electron chi connectivity index (χ0n) is 8.84. The highest BCUT2D eigenvalue weighted by Crippen LogP contribution is 2.15. The van der Waals surface area contributed by atoms with Crippen LogP contribution in [-0.4, -0.2) is 52.3 Å². The monoisotopic (exact) mass is 212 g/mol. The van der Waals surface area contributed by atoms with Gasteiger partial charge in [0, 0.05) is 0 Å². The standard InChI is InChI=1S/C6H8O7.H2O/c7-3(8)1-6(13,5(11)12)2-4(9)10;/h13H,1-2H2,(H,7,8)(H,9,10)(H,11,12);1H2/i/hD2. The van der Waals surface area contributed by atoms with Crippen LogP contribution in [0.4, 0.5) is 0 Å². The van der Waals surface area contributed by atoms with Crippen LogP contribution in [0.3, 0.4) is 0 Å². The van der Waals surface area contributed by atoms with Gasteiger partial charge in [0.05, 0.1) is 12.8 Å². The van der Waals surface area contributed by atoms with E-state index in [0.29, 0.717) is 0 Å². The van der Waals surface area contributed by atoms with Crippen molar-refractivity contribution in [1.29, 1.82) is 2.86 Å². The van der Waals surface area contributed by atoms with Gasteiger partial charge in [-0.2, -0.15) is 0 Å². The molecule has 6 N–H and O–H groups in total. The van der Waals surface area contributed by atoms with Crippen LogP contribution in [0.15, 0.2) is 0 Å². The lowest BCUT2D eigenvalue weighted by Gasteiger charge is -2.18. The van der Waals surface area contributed by atoms with E-state index < -0.39 is 36.4 Å². The van der Waals surface area contributed by atoms with Crippen molar-refractivity contribution in [3.05, 3.63) is 0 Å². The van der Waals surface area contributed by atoms with E-state index in [1.165, 1.54) is 0 Å². The van der Waals surface area contributed by atoms with Crippen molar-refractivity contribution in [2.75, 3.05) is 0 Å². The summed E-state index contributed by atoms with van der Waals surface area (Å²) in [6.45, 7) is 0. The maximum atomic E-state index is 10.3. The smallest absolute Gasteiger partial charge is 0.336 e. The molecule has 8 nitrogen and oxygen atoms in total. The minimum absolute atomic E-state index is 1.14. The maximum absolute atomic E-state index is 10.3. The Bertz CT molecular complexity index is 249. The summed E-state index contributed by atoms with van der Waals surface area (Å²) < 4.78 is 10.8. The van der Waals surface area contributed by atoms with Crippen LogP contribution in [0.25, 0.3) is 0 Å². The van der Waals surface area contributed by atoms with E-state index in [0.717, 1.165) is 0 Å². The average Bonchev–Trinajstić information content (AvgIpc) is 2.01. The normalized spacial score (nSPS) is 11.5. The molecule has 0 unspecified atom stereocenters. The first-order valence-corrected chi connectivity index (χ1v) is 3.17. The number of carbonyl (C=O) groups is 3. The van der Waals surface area contributed by atoms with Crippen molar-refractivity contribution < 1.29 is 40.3 Å². The first-order valence-electron chi connectivity index (χ1n) is 3.99. The fourth-order valence-corrected chi connectivity index (χ4v) is 0.714. The first-order chi connectivity index (χ1) is 7.19. The predicted octanol–water partition coefficient (Wildman–Crippen LogP) is -2.07. The summed E-state index contributed by atoms with van der Waals surface area (Å²) in [5.74, 6) is -5.02. The lowest BCUT2D eigenvalue weighted by molar-refractivity contribution is -0.170. The molecule has 82 valence electrons. The van der Waals surface area contributed by atoms with Gasteiger partial charge in [-0.3, -0.25) is 9.59 Å². The van der Waals surface area contributed by atoms with Gasteiger partial charge in [0.15, 0.2) is 5.60 Å². The Morgan fingerprint density at radius 3 is 1.57 bits per heavy atom. The fourth-order valence-electron chi connectivity index (χ4n) is 0.714. The molecule has 0 aliphatic rings. The van der Waals surface area contributed by atoms with Gasteiger partial charge in [-0.15, -0.1) is 0 Å². The fraction of sp³-hybridized carbons (Fsp3) is 0.500. The molecule has 0 heterocycles. The average molecular weight is 212 g/mol. The van der Waals surface area contributed by atoms with Crippen molar-refractivity contribution in [1.82, 2.24) is 0 Å². The second-order valence-electron chi connectivity index (χ2n) is 2.48. The van der Waals surface area contributed by atoms with E-state index in [1.54, 1.807) is 0 Å².